The predicted octanol–water partition coefficient (Wildman–Crippen LogP) is 20.3. The quantitative estimate of drug-likeness (QED) is 0.166. The highest BCUT2D eigenvalue weighted by Gasteiger charge is 2.32. The molecule has 0 atom stereocenters. The molecule has 0 N–H and O–H groups in total. The molecule has 1 aliphatic rings. The first-order valence-corrected chi connectivity index (χ1v) is 25.2. The van der Waals surface area contributed by atoms with Crippen LogP contribution in [0.2, 0.25) is 0 Å². The van der Waals surface area contributed by atoms with Crippen molar-refractivity contribution in [3.05, 3.63) is 242 Å². The fraction of sp³-hybridized carbons (Fsp3) is 0.0145. The van der Waals surface area contributed by atoms with Gasteiger partial charge in [-0.3, -0.25) is 0 Å². The minimum atomic E-state index is 0.822. The summed E-state index contributed by atoms with van der Waals surface area (Å²) in [5.74, 6) is 0. The van der Waals surface area contributed by atoms with Crippen LogP contribution in [0.4, 0.5) is 34.1 Å². The summed E-state index contributed by atoms with van der Waals surface area (Å²) in [4.78, 5) is 4.82. The van der Waals surface area contributed by atoms with Gasteiger partial charge in [0, 0.05) is 76.2 Å². The van der Waals surface area contributed by atoms with Crippen LogP contribution >= 0.6 is 0 Å². The fourth-order valence-electron chi connectivity index (χ4n) is 12.2. The lowest BCUT2D eigenvalue weighted by molar-refractivity contribution is 0.670. The van der Waals surface area contributed by atoms with Crippen molar-refractivity contribution >= 4 is 121 Å². The Morgan fingerprint density at radius 2 is 0.743 bits per heavy atom. The highest BCUT2D eigenvalue weighted by molar-refractivity contribution is 6.29. The van der Waals surface area contributed by atoms with Crippen molar-refractivity contribution in [2.75, 3.05) is 9.80 Å². The van der Waals surface area contributed by atoms with Crippen molar-refractivity contribution in [2.24, 2.45) is 0 Å². The molecule has 1 aliphatic heterocycles. The second-order valence-corrected chi connectivity index (χ2v) is 19.5. The summed E-state index contributed by atoms with van der Waals surface area (Å²) in [6.45, 7) is 2.19. The van der Waals surface area contributed by atoms with E-state index < -0.39 is 0 Å². The SMILES string of the molecule is Cc1ccccc1N(c1cc2c3cc4c5c(cccc5c3oc2c2ccccc12)-c1ccccc1N4c1cccc2c1oc1c(-c3ccccc3)cccc12)c1cccc2c1oc1c(-c3ccccc3)cccc12. The summed E-state index contributed by atoms with van der Waals surface area (Å²) in [7, 11) is 0. The van der Waals surface area contributed by atoms with Crippen molar-refractivity contribution in [3.63, 3.8) is 0 Å². The zero-order valence-electron chi connectivity index (χ0n) is 40.1. The Labute approximate surface area is 424 Å². The number of para-hydroxylation sites is 6. The van der Waals surface area contributed by atoms with Crippen LogP contribution in [-0.4, -0.2) is 0 Å². The molecule has 0 saturated carbocycles. The van der Waals surface area contributed by atoms with Crippen LogP contribution in [-0.2, 0) is 0 Å². The fourth-order valence-corrected chi connectivity index (χ4v) is 12.2. The van der Waals surface area contributed by atoms with E-state index in [0.717, 1.165) is 155 Å². The van der Waals surface area contributed by atoms with Crippen LogP contribution in [0.25, 0.3) is 121 Å². The van der Waals surface area contributed by atoms with Crippen LogP contribution in [0.1, 0.15) is 5.56 Å². The maximum atomic E-state index is 7.31. The molecule has 0 fully saturated rings. The number of hydrogen-bond acceptors (Lipinski definition) is 5. The van der Waals surface area contributed by atoms with Gasteiger partial charge in [0.05, 0.1) is 28.4 Å². The molecule has 16 rings (SSSR count). The van der Waals surface area contributed by atoms with Crippen LogP contribution in [0.5, 0.6) is 0 Å². The molecule has 5 nitrogen and oxygen atoms in total. The highest BCUT2D eigenvalue weighted by atomic mass is 16.3. The molecule has 74 heavy (non-hydrogen) atoms. The lowest BCUT2D eigenvalue weighted by Crippen LogP contribution is -2.15. The average molecular weight is 947 g/mol. The van der Waals surface area contributed by atoms with Gasteiger partial charge in [0.25, 0.3) is 0 Å². The Hall–Kier alpha value is -9.84. The summed E-state index contributed by atoms with van der Waals surface area (Å²) in [6, 6.07) is 84.5. The lowest BCUT2D eigenvalue weighted by atomic mass is 9.89. The molecule has 346 valence electrons. The zero-order chi connectivity index (χ0) is 48.6. The van der Waals surface area contributed by atoms with Crippen LogP contribution in [0.3, 0.4) is 0 Å². The molecule has 5 heteroatoms. The summed E-state index contributed by atoms with van der Waals surface area (Å²) < 4.78 is 21.6. The minimum Gasteiger partial charge on any atom is -0.455 e. The van der Waals surface area contributed by atoms with Crippen LogP contribution in [0, 0.1) is 6.92 Å². The number of benzene rings is 12. The third kappa shape index (κ3) is 5.75. The molecule has 0 unspecified atom stereocenters. The van der Waals surface area contributed by atoms with E-state index in [1.807, 2.05) is 0 Å². The van der Waals surface area contributed by atoms with Crippen molar-refractivity contribution in [2.45, 2.75) is 6.92 Å². The van der Waals surface area contributed by atoms with Crippen molar-refractivity contribution in [1.82, 2.24) is 0 Å². The molecule has 3 aromatic heterocycles. The van der Waals surface area contributed by atoms with Crippen molar-refractivity contribution < 1.29 is 13.3 Å². The third-order valence-corrected chi connectivity index (χ3v) is 15.5. The van der Waals surface area contributed by atoms with E-state index >= 15 is 0 Å². The van der Waals surface area contributed by atoms with Crippen molar-refractivity contribution in [1.29, 1.82) is 0 Å². The Morgan fingerprint density at radius 1 is 0.284 bits per heavy atom. The number of rotatable bonds is 6. The second kappa shape index (κ2) is 15.6. The van der Waals surface area contributed by atoms with E-state index in [4.69, 9.17) is 13.3 Å². The number of furan rings is 3. The summed E-state index contributed by atoms with van der Waals surface area (Å²) in [6.07, 6.45) is 0. The van der Waals surface area contributed by atoms with Gasteiger partial charge >= 0.3 is 0 Å². The number of fused-ring (bicyclic) bond motifs is 14. The monoisotopic (exact) mass is 946 g/mol. The summed E-state index contributed by atoms with van der Waals surface area (Å²) >= 11 is 0. The lowest BCUT2D eigenvalue weighted by Gasteiger charge is -2.33. The number of aryl methyl sites for hydroxylation is 1. The molecule has 0 spiro atoms. The van der Waals surface area contributed by atoms with Gasteiger partial charge in [-0.2, -0.15) is 0 Å². The molecule has 0 aliphatic carbocycles. The third-order valence-electron chi connectivity index (χ3n) is 15.5. The van der Waals surface area contributed by atoms with Crippen LogP contribution in [0.15, 0.2) is 250 Å². The molecule has 0 amide bonds. The first kappa shape index (κ1) is 40.8. The van der Waals surface area contributed by atoms with Gasteiger partial charge in [-0.25, -0.2) is 0 Å². The van der Waals surface area contributed by atoms with Gasteiger partial charge in [-0.15, -0.1) is 0 Å². The van der Waals surface area contributed by atoms with Gasteiger partial charge in [0.15, 0.2) is 11.2 Å². The zero-order valence-corrected chi connectivity index (χ0v) is 40.1. The number of nitrogens with zero attached hydrogens (tertiary/aromatic N) is 2. The topological polar surface area (TPSA) is 45.9 Å². The second-order valence-electron chi connectivity index (χ2n) is 19.5. The van der Waals surface area contributed by atoms with Gasteiger partial charge in [-0.05, 0) is 65.6 Å². The molecule has 12 aromatic carbocycles. The molecule has 4 heterocycles. The van der Waals surface area contributed by atoms with E-state index in [2.05, 4.69) is 253 Å². The van der Waals surface area contributed by atoms with Gasteiger partial charge in [-0.1, -0.05) is 200 Å². The Balaban J connectivity index is 0.982. The molecule has 0 bridgehead atoms. The van der Waals surface area contributed by atoms with E-state index in [9.17, 15) is 0 Å². The largest absolute Gasteiger partial charge is 0.455 e. The standard InChI is InChI=1S/C69H42N2O3/c1-41-19-8-12-35-57(41)70(59-37-17-32-52-50-30-14-27-44(64(50)73-68(52)59)42-20-4-2-5-21-42)61-39-55-56-40-62-63-48(29-16-34-54(63)67(56)72-66(55)49-26-10-9-25-47(49)61)46-24-11-13-36-58(46)71(62)60-38-18-33-53-51-31-15-28-45(65(51)74-69(53)60)43-22-6-3-7-23-43/h2-40H,1H3. The van der Waals surface area contributed by atoms with Crippen molar-refractivity contribution in [3.8, 4) is 33.4 Å². The minimum absolute atomic E-state index is 0.822. The normalized spacial score (nSPS) is 12.4. The highest BCUT2D eigenvalue weighted by Crippen LogP contribution is 2.56. The van der Waals surface area contributed by atoms with Gasteiger partial charge < -0.3 is 23.1 Å². The Bertz CT molecular complexity index is 4810. The molecule has 0 saturated heterocycles. The van der Waals surface area contributed by atoms with E-state index in [1.165, 1.54) is 5.56 Å². The van der Waals surface area contributed by atoms with Gasteiger partial charge in [0.2, 0.25) is 0 Å². The first-order valence-electron chi connectivity index (χ1n) is 25.2. The van der Waals surface area contributed by atoms with E-state index in [1.54, 1.807) is 0 Å². The first-order chi connectivity index (χ1) is 36.7. The molecular formula is C69H42N2O3. The average Bonchev–Trinajstić information content (AvgIpc) is 4.17. The molecule has 15 aromatic rings. The predicted molar refractivity (Wildman–Crippen MR) is 307 cm³/mol. The van der Waals surface area contributed by atoms with Gasteiger partial charge in [0.1, 0.15) is 22.3 Å². The summed E-state index contributed by atoms with van der Waals surface area (Å²) in [5.41, 5.74) is 19.1. The number of anilines is 6. The smallest absolute Gasteiger partial charge is 0.159 e. The number of hydrogen-bond donors (Lipinski definition) is 0. The Kier molecular flexibility index (Phi) is 8.60. The van der Waals surface area contributed by atoms with E-state index in [0.29, 0.717) is 0 Å². The van der Waals surface area contributed by atoms with Crippen LogP contribution < -0.4 is 9.80 Å². The summed E-state index contributed by atoms with van der Waals surface area (Å²) in [5, 5.41) is 10.6. The molecule has 0 radical (unpaired) electrons. The maximum absolute atomic E-state index is 7.31. The molecular weight excluding hydrogens is 905 g/mol. The maximum Gasteiger partial charge on any atom is 0.159 e. The van der Waals surface area contributed by atoms with E-state index in [-0.39, 0.29) is 0 Å². The Morgan fingerprint density at radius 3 is 1.47 bits per heavy atom.